The molecule has 0 aliphatic heterocycles. The van der Waals surface area contributed by atoms with Gasteiger partial charge in [-0.15, -0.1) is 0 Å². The van der Waals surface area contributed by atoms with Crippen LogP contribution in [0.25, 0.3) is 0 Å². The lowest BCUT2D eigenvalue weighted by molar-refractivity contribution is -0.402. The smallest absolute Gasteiger partial charge is 0.0905 e. The highest BCUT2D eigenvalue weighted by Gasteiger charge is 1.89. The lowest BCUT2D eigenvalue weighted by atomic mass is 10.4. The van der Waals surface area contributed by atoms with Gasteiger partial charge in [-0.3, -0.25) is 0 Å². The molecule has 0 amide bonds. The molecule has 0 rings (SSSR count). The third kappa shape index (κ3) is 30.4. The molecule has 0 bridgehead atoms. The molecule has 0 spiro atoms. The zero-order valence-electron chi connectivity index (χ0n) is 5.01. The molecule has 1 unspecified atom stereocenters. The Hall–Kier alpha value is -1.37. The fourth-order valence-electron chi connectivity index (χ4n) is 0. The van der Waals surface area contributed by atoms with Crippen LogP contribution in [-0.2, 0) is 4.79 Å². The predicted molar refractivity (Wildman–Crippen MR) is 27.0 cm³/mol. The number of carboxylic acids is 1. The second-order valence-electron chi connectivity index (χ2n) is 1.22. The Bertz CT molecular complexity index is 116. The van der Waals surface area contributed by atoms with Gasteiger partial charge in [0.15, 0.2) is 0 Å². The second-order valence-corrected chi connectivity index (χ2v) is 1.22. The van der Waals surface area contributed by atoms with E-state index in [0.29, 0.717) is 0 Å². The fraction of sp³-hybridized carbons (Fsp3) is 0.667. The molecule has 7 nitrogen and oxygen atoms in total. The summed E-state index contributed by atoms with van der Waals surface area (Å²) >= 11 is 0. The van der Waals surface area contributed by atoms with Crippen LogP contribution in [0, 0.1) is 15.3 Å². The fourth-order valence-corrected chi connectivity index (χ4v) is 0. The summed E-state index contributed by atoms with van der Waals surface area (Å²) in [6.07, 6.45) is -1.34. The Morgan fingerprint density at radius 2 is 1.70 bits per heavy atom. The van der Waals surface area contributed by atoms with E-state index in [1.54, 1.807) is 0 Å². The molecular weight excluding hydrogens is 146 g/mol. The van der Waals surface area contributed by atoms with Crippen molar-refractivity contribution in [3.8, 4) is 0 Å². The third-order valence-corrected chi connectivity index (χ3v) is 0.341. The minimum Gasteiger partial charge on any atom is -0.547 e. The van der Waals surface area contributed by atoms with Crippen LogP contribution in [-0.4, -0.2) is 22.3 Å². The summed E-state index contributed by atoms with van der Waals surface area (Å²) in [7, 11) is 0. The number of aliphatic carboxylic acids is 1. The summed E-state index contributed by atoms with van der Waals surface area (Å²) < 4.78 is 0. The number of aliphatic hydroxyl groups is 1. The molecule has 0 aromatic rings. The van der Waals surface area contributed by atoms with Gasteiger partial charge in [0, 0.05) is 0 Å². The second kappa shape index (κ2) is 5.76. The van der Waals surface area contributed by atoms with Crippen molar-refractivity contribution in [2.45, 2.75) is 13.0 Å². The molecule has 10 heavy (non-hydrogen) atoms. The van der Waals surface area contributed by atoms with Crippen LogP contribution in [0.5, 0.6) is 0 Å². The minimum atomic E-state index is -1.75. The van der Waals surface area contributed by atoms with Gasteiger partial charge in [-0.1, -0.05) is 0 Å². The van der Waals surface area contributed by atoms with Crippen LogP contribution < -0.4 is 5.11 Å². The Kier molecular flexibility index (Phi) is 6.58. The lowest BCUT2D eigenvalue weighted by Crippen LogP contribution is -2.32. The summed E-state index contributed by atoms with van der Waals surface area (Å²) in [6.45, 7) is 1.13. The number of hydrogen-bond acceptors (Lipinski definition) is 6. The van der Waals surface area contributed by atoms with Gasteiger partial charge < -0.3 is 30.3 Å². The first-order valence-corrected chi connectivity index (χ1v) is 2.08. The maximum atomic E-state index is 9.34. The number of carboxylic acid groups (broad SMARTS) is 1. The van der Waals surface area contributed by atoms with Crippen LogP contribution in [0.15, 0.2) is 0 Å². The number of hydrogen-bond donors (Lipinski definition) is 1. The Morgan fingerprint density at radius 3 is 1.70 bits per heavy atom. The molecular formula is C3H5NO6-2. The first kappa shape index (κ1) is 11.4. The molecule has 0 aromatic heterocycles. The van der Waals surface area contributed by atoms with Gasteiger partial charge in [0.05, 0.1) is 17.2 Å². The van der Waals surface area contributed by atoms with E-state index in [9.17, 15) is 9.90 Å². The van der Waals surface area contributed by atoms with E-state index in [-0.39, 0.29) is 0 Å². The van der Waals surface area contributed by atoms with Gasteiger partial charge in [0.25, 0.3) is 0 Å². The maximum Gasteiger partial charge on any atom is 0.0905 e. The monoisotopic (exact) mass is 151 g/mol. The molecule has 0 fully saturated rings. The SMILES string of the molecule is CC(O)C(=O)[O-].O=[N+]([O-])[O-]. The van der Waals surface area contributed by atoms with Gasteiger partial charge in [-0.05, 0) is 6.92 Å². The first-order valence-electron chi connectivity index (χ1n) is 2.08. The van der Waals surface area contributed by atoms with Crippen molar-refractivity contribution >= 4 is 5.97 Å². The topological polar surface area (TPSA) is 127 Å². The normalized spacial score (nSPS) is 10.6. The summed E-state index contributed by atoms with van der Waals surface area (Å²) in [5.41, 5.74) is 0. The zero-order valence-corrected chi connectivity index (χ0v) is 5.01. The third-order valence-electron chi connectivity index (χ3n) is 0.341. The summed E-state index contributed by atoms with van der Waals surface area (Å²) in [5, 5.41) is 32.1. The van der Waals surface area contributed by atoms with Crippen LogP contribution in [0.4, 0.5) is 0 Å². The maximum absolute atomic E-state index is 9.34. The number of nitrogens with zero attached hydrogens (tertiary/aromatic N) is 1. The molecule has 1 atom stereocenters. The van der Waals surface area contributed by atoms with Crippen molar-refractivity contribution in [1.82, 2.24) is 0 Å². The van der Waals surface area contributed by atoms with E-state index in [4.69, 9.17) is 20.4 Å². The van der Waals surface area contributed by atoms with Crippen molar-refractivity contribution in [3.05, 3.63) is 15.3 Å². The van der Waals surface area contributed by atoms with Gasteiger partial charge in [-0.2, -0.15) is 0 Å². The van der Waals surface area contributed by atoms with Crippen LogP contribution in [0.1, 0.15) is 6.92 Å². The highest BCUT2D eigenvalue weighted by molar-refractivity contribution is 5.68. The molecule has 0 aromatic carbocycles. The van der Waals surface area contributed by atoms with Crippen molar-refractivity contribution < 1.29 is 20.1 Å². The lowest BCUT2D eigenvalue weighted by Gasteiger charge is -2.00. The Morgan fingerprint density at radius 1 is 1.60 bits per heavy atom. The van der Waals surface area contributed by atoms with E-state index in [2.05, 4.69) is 0 Å². The van der Waals surface area contributed by atoms with E-state index in [0.717, 1.165) is 6.92 Å². The summed E-state index contributed by atoms with van der Waals surface area (Å²) in [4.78, 5) is 17.6. The molecule has 0 heterocycles. The highest BCUT2D eigenvalue weighted by Crippen LogP contribution is 1.69. The summed E-state index contributed by atoms with van der Waals surface area (Å²) in [5.74, 6) is -1.44. The number of carbonyl (C=O) groups excluding carboxylic acids is 1. The molecule has 0 radical (unpaired) electrons. The molecule has 0 aliphatic carbocycles. The van der Waals surface area contributed by atoms with E-state index in [1.807, 2.05) is 0 Å². The minimum absolute atomic E-state index is 1.13. The van der Waals surface area contributed by atoms with Crippen LogP contribution >= 0.6 is 0 Å². The molecule has 60 valence electrons. The first-order chi connectivity index (χ1) is 4.37. The molecule has 0 aliphatic rings. The van der Waals surface area contributed by atoms with Gasteiger partial charge >= 0.3 is 0 Å². The predicted octanol–water partition coefficient (Wildman–Crippen LogP) is -2.12. The quantitative estimate of drug-likeness (QED) is 0.337. The van der Waals surface area contributed by atoms with Crippen molar-refractivity contribution in [3.63, 3.8) is 0 Å². The van der Waals surface area contributed by atoms with Gasteiger partial charge in [-0.25, -0.2) is 0 Å². The average Bonchev–Trinajstić information content (AvgIpc) is 1.63. The van der Waals surface area contributed by atoms with Gasteiger partial charge in [0.1, 0.15) is 0 Å². The van der Waals surface area contributed by atoms with Crippen molar-refractivity contribution in [1.29, 1.82) is 0 Å². The summed E-state index contributed by atoms with van der Waals surface area (Å²) in [6, 6.07) is 0. The van der Waals surface area contributed by atoms with E-state index in [1.165, 1.54) is 0 Å². The van der Waals surface area contributed by atoms with Crippen LogP contribution in [0.2, 0.25) is 0 Å². The molecule has 7 heteroatoms. The largest absolute Gasteiger partial charge is 0.547 e. The molecule has 1 N–H and O–H groups in total. The van der Waals surface area contributed by atoms with Gasteiger partial charge in [0.2, 0.25) is 0 Å². The van der Waals surface area contributed by atoms with E-state index < -0.39 is 17.2 Å². The number of aliphatic hydroxyl groups excluding tert-OH is 1. The Labute approximate surface area is 55.6 Å². The number of carbonyl (C=O) groups is 1. The van der Waals surface area contributed by atoms with Crippen LogP contribution in [0.3, 0.4) is 0 Å². The van der Waals surface area contributed by atoms with Crippen molar-refractivity contribution in [2.75, 3.05) is 0 Å². The Balaban J connectivity index is 0. The molecule has 0 saturated heterocycles. The highest BCUT2D eigenvalue weighted by atomic mass is 16.9. The zero-order chi connectivity index (χ0) is 8.73. The standard InChI is InChI=1S/C3H6O3.NO3/c1-2(4)3(5)6;2-1(3)4/h2,4H,1H3,(H,5,6);/q;-1/p-1. The average molecular weight is 151 g/mol. The van der Waals surface area contributed by atoms with E-state index >= 15 is 0 Å². The van der Waals surface area contributed by atoms with Crippen molar-refractivity contribution in [2.24, 2.45) is 0 Å². The molecule has 0 saturated carbocycles. The number of rotatable bonds is 1.